The summed E-state index contributed by atoms with van der Waals surface area (Å²) in [4.78, 5) is 13.8. The van der Waals surface area contributed by atoms with Gasteiger partial charge in [0.25, 0.3) is 0 Å². The molecular formula is C12H17N3O2S. The fourth-order valence-electron chi connectivity index (χ4n) is 2.59. The van der Waals surface area contributed by atoms with E-state index in [0.29, 0.717) is 11.7 Å². The zero-order valence-electron chi connectivity index (χ0n) is 10.4. The second kappa shape index (κ2) is 4.42. The van der Waals surface area contributed by atoms with Crippen LogP contribution in [0.15, 0.2) is 0 Å². The Labute approximate surface area is 110 Å². The Hall–Kier alpha value is -1.30. The van der Waals surface area contributed by atoms with E-state index >= 15 is 0 Å². The second-order valence-corrected chi connectivity index (χ2v) is 5.77. The maximum Gasteiger partial charge on any atom is 0.310 e. The van der Waals surface area contributed by atoms with Crippen LogP contribution in [0.3, 0.4) is 0 Å². The van der Waals surface area contributed by atoms with Gasteiger partial charge < -0.3 is 15.4 Å². The fraction of sp³-hybridized carbons (Fsp3) is 0.667. The Morgan fingerprint density at radius 3 is 2.94 bits per heavy atom. The molecule has 1 aliphatic carbocycles. The van der Waals surface area contributed by atoms with Gasteiger partial charge in [-0.25, -0.2) is 0 Å². The lowest BCUT2D eigenvalue weighted by atomic mass is 10.1. The average molecular weight is 267 g/mol. The molecule has 98 valence electrons. The fourth-order valence-corrected chi connectivity index (χ4v) is 3.52. The number of esters is 1. The largest absolute Gasteiger partial charge is 0.469 e. The van der Waals surface area contributed by atoms with Crippen molar-refractivity contribution in [2.45, 2.75) is 25.2 Å². The SMILES string of the molecule is COC(=O)C1CCN(c2snc(N)c2C2CC2)C1. The van der Waals surface area contributed by atoms with Crippen molar-refractivity contribution in [2.24, 2.45) is 5.92 Å². The summed E-state index contributed by atoms with van der Waals surface area (Å²) in [6.45, 7) is 1.62. The van der Waals surface area contributed by atoms with Crippen LogP contribution in [-0.4, -0.2) is 30.5 Å². The first-order valence-electron chi connectivity index (χ1n) is 6.28. The highest BCUT2D eigenvalue weighted by Crippen LogP contribution is 2.49. The standard InChI is InChI=1S/C12H17N3O2S/c1-17-12(16)8-4-5-15(6-8)11-9(7-2-3-7)10(13)14-18-11/h7-8H,2-6H2,1H3,(H2,13,14). The van der Waals surface area contributed by atoms with E-state index in [1.807, 2.05) is 0 Å². The van der Waals surface area contributed by atoms with E-state index in [2.05, 4.69) is 9.27 Å². The molecule has 0 spiro atoms. The number of methoxy groups -OCH3 is 1. The van der Waals surface area contributed by atoms with Crippen molar-refractivity contribution < 1.29 is 9.53 Å². The van der Waals surface area contributed by atoms with Gasteiger partial charge in [0.1, 0.15) is 10.8 Å². The summed E-state index contributed by atoms with van der Waals surface area (Å²) in [5.74, 6) is 1.16. The molecule has 1 saturated heterocycles. The number of carbonyl (C=O) groups excluding carboxylic acids is 1. The van der Waals surface area contributed by atoms with Gasteiger partial charge in [-0.1, -0.05) is 0 Å². The normalized spacial score (nSPS) is 23.4. The zero-order valence-corrected chi connectivity index (χ0v) is 11.2. The van der Waals surface area contributed by atoms with Crippen LogP contribution in [0.4, 0.5) is 10.8 Å². The summed E-state index contributed by atoms with van der Waals surface area (Å²) < 4.78 is 9.09. The molecule has 2 N–H and O–H groups in total. The molecule has 1 aliphatic heterocycles. The van der Waals surface area contributed by atoms with Gasteiger partial charge >= 0.3 is 5.97 Å². The van der Waals surface area contributed by atoms with Crippen LogP contribution in [0.2, 0.25) is 0 Å². The Morgan fingerprint density at radius 1 is 1.50 bits per heavy atom. The third-order valence-electron chi connectivity index (χ3n) is 3.73. The molecule has 1 aromatic heterocycles. The molecule has 1 atom stereocenters. The van der Waals surface area contributed by atoms with E-state index in [0.717, 1.165) is 19.5 Å². The maximum absolute atomic E-state index is 11.5. The van der Waals surface area contributed by atoms with Crippen molar-refractivity contribution in [3.05, 3.63) is 5.56 Å². The van der Waals surface area contributed by atoms with E-state index in [9.17, 15) is 4.79 Å². The Morgan fingerprint density at radius 2 is 2.28 bits per heavy atom. The second-order valence-electron chi connectivity index (χ2n) is 5.02. The van der Waals surface area contributed by atoms with E-state index in [1.165, 1.54) is 42.0 Å². The van der Waals surface area contributed by atoms with Gasteiger partial charge in [0.05, 0.1) is 13.0 Å². The number of hydrogen-bond donors (Lipinski definition) is 1. The van der Waals surface area contributed by atoms with Crippen molar-refractivity contribution in [1.82, 2.24) is 4.37 Å². The monoisotopic (exact) mass is 267 g/mol. The van der Waals surface area contributed by atoms with Gasteiger partial charge in [0, 0.05) is 18.7 Å². The van der Waals surface area contributed by atoms with Crippen LogP contribution >= 0.6 is 11.5 Å². The van der Waals surface area contributed by atoms with Crippen LogP contribution in [0.25, 0.3) is 0 Å². The van der Waals surface area contributed by atoms with Crippen molar-refractivity contribution in [1.29, 1.82) is 0 Å². The minimum Gasteiger partial charge on any atom is -0.469 e. The topological polar surface area (TPSA) is 68.5 Å². The highest BCUT2D eigenvalue weighted by Gasteiger charge is 2.36. The van der Waals surface area contributed by atoms with Crippen LogP contribution in [0, 0.1) is 5.92 Å². The lowest BCUT2D eigenvalue weighted by molar-refractivity contribution is -0.144. The van der Waals surface area contributed by atoms with Crippen LogP contribution < -0.4 is 10.6 Å². The summed E-state index contributed by atoms with van der Waals surface area (Å²) in [5.41, 5.74) is 7.16. The number of carbonyl (C=O) groups is 1. The predicted molar refractivity (Wildman–Crippen MR) is 70.8 cm³/mol. The van der Waals surface area contributed by atoms with Crippen molar-refractivity contribution >= 4 is 28.3 Å². The molecule has 2 heterocycles. The lowest BCUT2D eigenvalue weighted by Gasteiger charge is -2.17. The van der Waals surface area contributed by atoms with E-state index in [-0.39, 0.29) is 11.9 Å². The minimum absolute atomic E-state index is 0.00891. The molecule has 0 bridgehead atoms. The number of nitrogen functional groups attached to an aromatic ring is 1. The third-order valence-corrected chi connectivity index (χ3v) is 4.67. The Balaban J connectivity index is 1.78. The number of nitrogens with two attached hydrogens (primary N) is 1. The molecular weight excluding hydrogens is 250 g/mol. The highest BCUT2D eigenvalue weighted by atomic mass is 32.1. The van der Waals surface area contributed by atoms with Crippen LogP contribution in [0.1, 0.15) is 30.7 Å². The molecule has 0 aromatic carbocycles. The number of hydrogen-bond acceptors (Lipinski definition) is 6. The van der Waals surface area contributed by atoms with Crippen molar-refractivity contribution in [3.63, 3.8) is 0 Å². The molecule has 5 nitrogen and oxygen atoms in total. The molecule has 1 aromatic rings. The van der Waals surface area contributed by atoms with Crippen molar-refractivity contribution in [2.75, 3.05) is 30.8 Å². The minimum atomic E-state index is -0.108. The zero-order chi connectivity index (χ0) is 12.7. The van der Waals surface area contributed by atoms with Gasteiger partial charge in [-0.05, 0) is 36.7 Å². The number of anilines is 2. The summed E-state index contributed by atoms with van der Waals surface area (Å²) in [6, 6.07) is 0. The number of aromatic nitrogens is 1. The quantitative estimate of drug-likeness (QED) is 0.842. The smallest absolute Gasteiger partial charge is 0.310 e. The van der Waals surface area contributed by atoms with Crippen molar-refractivity contribution in [3.8, 4) is 0 Å². The molecule has 0 amide bonds. The lowest BCUT2D eigenvalue weighted by Crippen LogP contribution is -2.23. The molecule has 1 unspecified atom stereocenters. The maximum atomic E-state index is 11.5. The summed E-state index contributed by atoms with van der Waals surface area (Å²) >= 11 is 1.46. The Kier molecular flexibility index (Phi) is 2.89. The first-order valence-corrected chi connectivity index (χ1v) is 7.06. The van der Waals surface area contributed by atoms with Crippen LogP contribution in [0.5, 0.6) is 0 Å². The molecule has 18 heavy (non-hydrogen) atoms. The molecule has 1 saturated carbocycles. The summed E-state index contributed by atoms with van der Waals surface area (Å²) in [7, 11) is 1.45. The number of rotatable bonds is 3. The highest BCUT2D eigenvalue weighted by molar-refractivity contribution is 7.10. The van der Waals surface area contributed by atoms with E-state index in [1.54, 1.807) is 0 Å². The molecule has 0 radical (unpaired) electrons. The third kappa shape index (κ3) is 1.94. The van der Waals surface area contributed by atoms with Gasteiger partial charge in [0.2, 0.25) is 0 Å². The van der Waals surface area contributed by atoms with Gasteiger partial charge in [-0.3, -0.25) is 4.79 Å². The average Bonchev–Trinajstić information content (AvgIpc) is 2.95. The van der Waals surface area contributed by atoms with E-state index < -0.39 is 0 Å². The number of ether oxygens (including phenoxy) is 1. The molecule has 3 rings (SSSR count). The van der Waals surface area contributed by atoms with Gasteiger partial charge in [-0.15, -0.1) is 0 Å². The first-order chi connectivity index (χ1) is 8.70. The predicted octanol–water partition coefficient (Wildman–Crippen LogP) is 1.60. The number of nitrogens with zero attached hydrogens (tertiary/aromatic N) is 2. The van der Waals surface area contributed by atoms with Crippen LogP contribution in [-0.2, 0) is 9.53 Å². The molecule has 2 fully saturated rings. The van der Waals surface area contributed by atoms with E-state index in [4.69, 9.17) is 10.5 Å². The molecule has 2 aliphatic rings. The summed E-state index contributed by atoms with van der Waals surface area (Å²) in [6.07, 6.45) is 3.28. The first kappa shape index (κ1) is 11.8. The van der Waals surface area contributed by atoms with Gasteiger partial charge in [-0.2, -0.15) is 4.37 Å². The summed E-state index contributed by atoms with van der Waals surface area (Å²) in [5, 5.41) is 1.17. The van der Waals surface area contributed by atoms with Gasteiger partial charge in [0.15, 0.2) is 0 Å². The Bertz CT molecular complexity index is 470. The molecule has 6 heteroatoms.